The molecule has 0 spiro atoms. The first-order valence-corrected chi connectivity index (χ1v) is 14.8. The quantitative estimate of drug-likeness (QED) is 0.146. The molecule has 1 aliphatic carbocycles. The molecular weight excluding hydrogens is 520 g/mol. The first kappa shape index (κ1) is 41.6. The van der Waals surface area contributed by atoms with Gasteiger partial charge in [-0.05, 0) is 37.0 Å². The average Bonchev–Trinajstić information content (AvgIpc) is 3.13. The molecule has 1 rings (SSSR count). The van der Waals surface area contributed by atoms with Gasteiger partial charge in [-0.25, -0.2) is 0 Å². The third-order valence-corrected chi connectivity index (χ3v) is 9.30. The second-order valence-corrected chi connectivity index (χ2v) is 11.5. The molecule has 1 aliphatic rings. The number of halogens is 1. The maximum Gasteiger partial charge on any atom is 2.00 e. The Labute approximate surface area is 200 Å². The summed E-state index contributed by atoms with van der Waals surface area (Å²) in [7, 11) is 5.53. The van der Waals surface area contributed by atoms with Crippen LogP contribution in [0, 0.1) is 0 Å². The molecule has 0 amide bonds. The van der Waals surface area contributed by atoms with E-state index in [0.29, 0.717) is 15.8 Å². The molecule has 0 aromatic heterocycles. The van der Waals surface area contributed by atoms with Gasteiger partial charge in [-0.2, -0.15) is 0 Å². The van der Waals surface area contributed by atoms with Crippen LogP contribution in [0.3, 0.4) is 0 Å². The molecule has 0 aromatic rings. The van der Waals surface area contributed by atoms with Crippen LogP contribution in [-0.2, 0) is 66.8 Å². The maximum atomic E-state index is 4.64. The Hall–Kier alpha value is 3.23. The first-order chi connectivity index (χ1) is 10.2. The molecule has 0 unspecified atom stereocenters. The summed E-state index contributed by atoms with van der Waals surface area (Å²) in [6.07, 6.45) is 16.0. The van der Waals surface area contributed by atoms with Gasteiger partial charge in [-0.1, -0.05) is 73.6 Å². The van der Waals surface area contributed by atoms with Crippen molar-refractivity contribution >= 4 is 52.1 Å². The topological polar surface area (TPSA) is 0 Å². The zero-order chi connectivity index (χ0) is 16.9. The maximum absolute atomic E-state index is 4.64. The van der Waals surface area contributed by atoms with Crippen molar-refractivity contribution in [2.75, 3.05) is 37.0 Å². The average molecular weight is 562 g/mol. The molecule has 0 saturated heterocycles. The molecule has 7 heteroatoms. The second kappa shape index (κ2) is 40.8. The molecule has 0 aliphatic heterocycles. The van der Waals surface area contributed by atoms with Gasteiger partial charge in [0, 0.05) is 0 Å². The van der Waals surface area contributed by atoms with Crippen LogP contribution >= 0.6 is 25.1 Å². The van der Waals surface area contributed by atoms with Crippen molar-refractivity contribution < 1.29 is 39.8 Å². The molecule has 1 fully saturated rings. The van der Waals surface area contributed by atoms with Gasteiger partial charge in [0.1, 0.15) is 0 Å². The van der Waals surface area contributed by atoms with Crippen LogP contribution in [0.1, 0.15) is 73.6 Å². The predicted octanol–water partition coefficient (Wildman–Crippen LogP) is 7.15. The number of thiol groups is 2. The summed E-state index contributed by atoms with van der Waals surface area (Å²) in [6.45, 7) is 13.7. The molecule has 0 N–H and O–H groups in total. The van der Waals surface area contributed by atoms with Crippen molar-refractivity contribution in [2.45, 2.75) is 73.6 Å². The second-order valence-electron chi connectivity index (χ2n) is 5.01. The number of hydrogen-bond donors (Lipinski definition) is 0. The van der Waals surface area contributed by atoms with E-state index in [2.05, 4.69) is 50.8 Å². The normalized spacial score (nSPS) is 11.2. The van der Waals surface area contributed by atoms with Gasteiger partial charge in [0.2, 0.25) is 0 Å². The minimum absolute atomic E-state index is 0. The number of rotatable bonds is 6. The zero-order valence-electron chi connectivity index (χ0n) is 16.8. The summed E-state index contributed by atoms with van der Waals surface area (Å²) >= 11 is 1.47. The van der Waals surface area contributed by atoms with Gasteiger partial charge in [-0.15, -0.1) is 15.8 Å². The Balaban J connectivity index is -0.0000000457. The molecule has 0 nitrogen and oxygen atoms in total. The largest absolute Gasteiger partial charge is 2.00 e. The van der Waals surface area contributed by atoms with Crippen LogP contribution in [0.25, 0.3) is 0 Å². The van der Waals surface area contributed by atoms with Gasteiger partial charge in [0.05, 0.1) is 0 Å². The predicted molar refractivity (Wildman–Crippen MR) is 124 cm³/mol. The van der Waals surface area contributed by atoms with E-state index in [0.717, 1.165) is 0 Å². The van der Waals surface area contributed by atoms with E-state index in [9.17, 15) is 0 Å². The molecule has 0 radical (unpaired) electrons. The Morgan fingerprint density at radius 1 is 0.542 bits per heavy atom. The first-order valence-electron chi connectivity index (χ1n) is 8.83. The summed E-state index contributed by atoms with van der Waals surface area (Å²) in [5.74, 6) is 0. The van der Waals surface area contributed by atoms with Crippen molar-refractivity contribution in [3.05, 3.63) is 0 Å². The number of hydrogen-bond acceptors (Lipinski definition) is 2. The van der Waals surface area contributed by atoms with Crippen LogP contribution in [0.5, 0.6) is 0 Å². The molecule has 0 atom stereocenters. The van der Waals surface area contributed by atoms with Crippen molar-refractivity contribution in [2.24, 2.45) is 0 Å². The summed E-state index contributed by atoms with van der Waals surface area (Å²) in [6, 6.07) is 0. The van der Waals surface area contributed by atoms with Gasteiger partial charge >= 0.3 is 49.1 Å². The Morgan fingerprint density at radius 2 is 0.667 bits per heavy atom. The van der Waals surface area contributed by atoms with Gasteiger partial charge in [0.15, 0.2) is 0 Å². The monoisotopic (exact) mass is 561 g/mol. The molecule has 152 valence electrons. The Kier molecular flexibility index (Phi) is 70.7. The summed E-state index contributed by atoms with van der Waals surface area (Å²) < 4.78 is 0. The van der Waals surface area contributed by atoms with E-state index in [1.807, 2.05) is 0 Å². The third kappa shape index (κ3) is 36.2. The van der Waals surface area contributed by atoms with E-state index in [4.69, 9.17) is 0 Å². The molecular formula is C17H42ClP2PdS2Ti+. The van der Waals surface area contributed by atoms with Crippen molar-refractivity contribution in [3.8, 4) is 0 Å². The van der Waals surface area contributed by atoms with Crippen LogP contribution < -0.4 is 0 Å². The summed E-state index contributed by atoms with van der Waals surface area (Å²) in [5.41, 5.74) is 0. The fourth-order valence-electron chi connectivity index (χ4n) is 2.23. The zero-order valence-corrected chi connectivity index (χ0v) is 24.2. The van der Waals surface area contributed by atoms with E-state index in [-0.39, 0.29) is 47.4 Å². The SMILES string of the molecule is C1CCCC1.CCP(CC)CC.CCP(CC)CC.[Cl][Ti+].[Pd+2].[SH-].[SH-]. The standard InChI is InChI=1S/2C6H15P.C5H10.ClH.Pd.2H2S.Ti/c2*1-4-7(5-2)6-3;1-2-4-5-3-1;;;;;/h2*4-6H2,1-3H3;1-5H2;1H;;2*1H2;/q;;;;+2;;;+2/p-3. The van der Waals surface area contributed by atoms with E-state index >= 15 is 0 Å². The van der Waals surface area contributed by atoms with Gasteiger partial charge < -0.3 is 27.0 Å². The smallest absolute Gasteiger partial charge is 0.813 e. The van der Waals surface area contributed by atoms with Crippen molar-refractivity contribution in [1.29, 1.82) is 0 Å². The Morgan fingerprint density at radius 3 is 0.708 bits per heavy atom. The Bertz CT molecular complexity index is 133. The van der Waals surface area contributed by atoms with Crippen LogP contribution in [0.2, 0.25) is 0 Å². The van der Waals surface area contributed by atoms with E-state index in [1.54, 1.807) is 0 Å². The summed E-state index contributed by atoms with van der Waals surface area (Å²) in [4.78, 5) is 0. The molecule has 0 bridgehead atoms. The fraction of sp³-hybridized carbons (Fsp3) is 1.00. The van der Waals surface area contributed by atoms with Crippen molar-refractivity contribution in [1.82, 2.24) is 0 Å². The van der Waals surface area contributed by atoms with E-state index < -0.39 is 0 Å². The minimum atomic E-state index is 0. The molecule has 0 heterocycles. The van der Waals surface area contributed by atoms with Crippen molar-refractivity contribution in [3.63, 3.8) is 0 Å². The molecule has 0 aromatic carbocycles. The summed E-state index contributed by atoms with van der Waals surface area (Å²) in [5, 5.41) is 0. The fourth-order valence-corrected chi connectivity index (χ4v) is 4.91. The van der Waals surface area contributed by atoms with Crippen LogP contribution in [-0.4, -0.2) is 37.0 Å². The van der Waals surface area contributed by atoms with Gasteiger partial charge in [0.25, 0.3) is 0 Å². The molecule has 24 heavy (non-hydrogen) atoms. The van der Waals surface area contributed by atoms with Crippen LogP contribution in [0.4, 0.5) is 0 Å². The minimum Gasteiger partial charge on any atom is -0.813 e. The third-order valence-electron chi connectivity index (χ3n) is 3.93. The molecule has 1 saturated carbocycles. The van der Waals surface area contributed by atoms with Gasteiger partial charge in [-0.3, -0.25) is 0 Å². The van der Waals surface area contributed by atoms with Crippen LogP contribution in [0.15, 0.2) is 0 Å². The van der Waals surface area contributed by atoms with E-state index in [1.165, 1.54) is 88.5 Å².